The summed E-state index contributed by atoms with van der Waals surface area (Å²) >= 11 is 1.40. The lowest BCUT2D eigenvalue weighted by Crippen LogP contribution is -2.29. The monoisotopic (exact) mass is 276 g/mol. The highest BCUT2D eigenvalue weighted by Gasteiger charge is 2.07. The standard InChI is InChI=1S/C13H16N4OS/c1-2-7-15-12(18)17-13-16-11(8-19-13)9-3-5-10(14)6-4-9/h3-6,8H,2,7,14H2,1H3,(H2,15,16,17,18). The van der Waals surface area contributed by atoms with Crippen LogP contribution in [0, 0.1) is 0 Å². The first-order valence-electron chi connectivity index (χ1n) is 6.05. The van der Waals surface area contributed by atoms with Gasteiger partial charge in [0.25, 0.3) is 0 Å². The summed E-state index contributed by atoms with van der Waals surface area (Å²) in [5.74, 6) is 0. The molecule has 0 aliphatic heterocycles. The molecule has 0 bridgehead atoms. The lowest BCUT2D eigenvalue weighted by molar-refractivity contribution is 0.252. The third kappa shape index (κ3) is 3.69. The van der Waals surface area contributed by atoms with E-state index in [0.717, 1.165) is 23.4 Å². The van der Waals surface area contributed by atoms with Crippen LogP contribution in [0.3, 0.4) is 0 Å². The zero-order valence-corrected chi connectivity index (χ0v) is 11.5. The highest BCUT2D eigenvalue weighted by atomic mass is 32.1. The minimum absolute atomic E-state index is 0.222. The molecule has 0 saturated heterocycles. The summed E-state index contributed by atoms with van der Waals surface area (Å²) < 4.78 is 0. The Labute approximate surface area is 115 Å². The van der Waals surface area contributed by atoms with Crippen LogP contribution in [0.5, 0.6) is 0 Å². The molecule has 2 aromatic rings. The Morgan fingerprint density at radius 3 is 2.79 bits per heavy atom. The van der Waals surface area contributed by atoms with Crippen molar-refractivity contribution in [3.8, 4) is 11.3 Å². The van der Waals surface area contributed by atoms with Gasteiger partial charge in [-0.05, 0) is 18.6 Å². The number of hydrogen-bond acceptors (Lipinski definition) is 4. The van der Waals surface area contributed by atoms with Gasteiger partial charge in [0.1, 0.15) is 0 Å². The summed E-state index contributed by atoms with van der Waals surface area (Å²) in [4.78, 5) is 15.9. The molecule has 0 fully saturated rings. The second-order valence-corrected chi connectivity index (χ2v) is 4.90. The molecule has 6 heteroatoms. The molecule has 0 spiro atoms. The van der Waals surface area contributed by atoms with Gasteiger partial charge in [-0.1, -0.05) is 19.1 Å². The molecule has 0 unspecified atom stereocenters. The maximum atomic E-state index is 11.5. The SMILES string of the molecule is CCCNC(=O)Nc1nc(-c2ccc(N)cc2)cs1. The second-order valence-electron chi connectivity index (χ2n) is 4.04. The van der Waals surface area contributed by atoms with Crippen LogP contribution in [0.15, 0.2) is 29.6 Å². The molecule has 4 N–H and O–H groups in total. The van der Waals surface area contributed by atoms with E-state index >= 15 is 0 Å². The lowest BCUT2D eigenvalue weighted by atomic mass is 10.1. The van der Waals surface area contributed by atoms with E-state index in [1.54, 1.807) is 0 Å². The molecule has 5 nitrogen and oxygen atoms in total. The number of nitrogens with zero attached hydrogens (tertiary/aromatic N) is 1. The van der Waals surface area contributed by atoms with E-state index in [0.29, 0.717) is 11.7 Å². The summed E-state index contributed by atoms with van der Waals surface area (Å²) in [5.41, 5.74) is 8.17. The summed E-state index contributed by atoms with van der Waals surface area (Å²) in [6.45, 7) is 2.66. The van der Waals surface area contributed by atoms with Crippen molar-refractivity contribution in [1.29, 1.82) is 0 Å². The fourth-order valence-corrected chi connectivity index (χ4v) is 2.21. The number of carbonyl (C=O) groups excluding carboxylic acids is 1. The highest BCUT2D eigenvalue weighted by molar-refractivity contribution is 7.14. The molecule has 1 aromatic carbocycles. The van der Waals surface area contributed by atoms with Gasteiger partial charge in [-0.25, -0.2) is 9.78 Å². The van der Waals surface area contributed by atoms with Crippen LogP contribution < -0.4 is 16.4 Å². The van der Waals surface area contributed by atoms with Crippen molar-refractivity contribution in [3.63, 3.8) is 0 Å². The Balaban J connectivity index is 2.02. The fraction of sp³-hybridized carbons (Fsp3) is 0.231. The Kier molecular flexibility index (Phi) is 4.35. The Hall–Kier alpha value is -2.08. The maximum absolute atomic E-state index is 11.5. The molecule has 0 aliphatic rings. The third-order valence-corrected chi connectivity index (χ3v) is 3.22. The van der Waals surface area contributed by atoms with Crippen LogP contribution in [0.2, 0.25) is 0 Å². The predicted molar refractivity (Wildman–Crippen MR) is 79.3 cm³/mol. The molecule has 1 heterocycles. The average Bonchev–Trinajstić information content (AvgIpc) is 2.85. The molecule has 100 valence electrons. The van der Waals surface area contributed by atoms with E-state index in [2.05, 4.69) is 15.6 Å². The smallest absolute Gasteiger partial charge is 0.321 e. The first kappa shape index (κ1) is 13.4. The van der Waals surface area contributed by atoms with Crippen LogP contribution in [-0.4, -0.2) is 17.6 Å². The average molecular weight is 276 g/mol. The number of thiazole rings is 1. The Morgan fingerprint density at radius 2 is 2.11 bits per heavy atom. The van der Waals surface area contributed by atoms with Crippen molar-refractivity contribution in [2.45, 2.75) is 13.3 Å². The molecule has 1 aromatic heterocycles. The molecular formula is C13H16N4OS. The largest absolute Gasteiger partial charge is 0.399 e. The number of nitrogens with one attached hydrogen (secondary N) is 2. The van der Waals surface area contributed by atoms with Gasteiger partial charge < -0.3 is 11.1 Å². The van der Waals surface area contributed by atoms with Gasteiger partial charge in [0.05, 0.1) is 5.69 Å². The molecule has 2 amide bonds. The molecule has 0 aliphatic carbocycles. The Morgan fingerprint density at radius 1 is 1.37 bits per heavy atom. The lowest BCUT2D eigenvalue weighted by Gasteiger charge is -2.02. The van der Waals surface area contributed by atoms with Crippen molar-refractivity contribution in [1.82, 2.24) is 10.3 Å². The van der Waals surface area contributed by atoms with Crippen LogP contribution >= 0.6 is 11.3 Å². The van der Waals surface area contributed by atoms with Gasteiger partial charge in [0.15, 0.2) is 5.13 Å². The van der Waals surface area contributed by atoms with Crippen molar-refractivity contribution >= 4 is 28.2 Å². The van der Waals surface area contributed by atoms with Crippen LogP contribution in [-0.2, 0) is 0 Å². The first-order valence-corrected chi connectivity index (χ1v) is 6.93. The number of anilines is 2. The van der Waals surface area contributed by atoms with Crippen LogP contribution in [0.1, 0.15) is 13.3 Å². The molecule has 0 saturated carbocycles. The number of benzene rings is 1. The maximum Gasteiger partial charge on any atom is 0.321 e. The van der Waals surface area contributed by atoms with Crippen LogP contribution in [0.4, 0.5) is 15.6 Å². The molecule has 0 radical (unpaired) electrons. The normalized spacial score (nSPS) is 10.2. The molecule has 2 rings (SSSR count). The van der Waals surface area contributed by atoms with Crippen molar-refractivity contribution < 1.29 is 4.79 Å². The summed E-state index contributed by atoms with van der Waals surface area (Å²) in [7, 11) is 0. The van der Waals surface area contributed by atoms with Crippen LogP contribution in [0.25, 0.3) is 11.3 Å². The van der Waals surface area contributed by atoms with E-state index in [4.69, 9.17) is 5.73 Å². The highest BCUT2D eigenvalue weighted by Crippen LogP contribution is 2.25. The number of carbonyl (C=O) groups is 1. The van der Waals surface area contributed by atoms with E-state index in [1.165, 1.54) is 11.3 Å². The van der Waals surface area contributed by atoms with Crippen molar-refractivity contribution in [3.05, 3.63) is 29.6 Å². The third-order valence-electron chi connectivity index (χ3n) is 2.47. The van der Waals surface area contributed by atoms with Gasteiger partial charge in [-0.3, -0.25) is 5.32 Å². The van der Waals surface area contributed by atoms with E-state index < -0.39 is 0 Å². The first-order chi connectivity index (χ1) is 9.19. The predicted octanol–water partition coefficient (Wildman–Crippen LogP) is 2.92. The molecule has 19 heavy (non-hydrogen) atoms. The number of urea groups is 1. The van der Waals surface area contributed by atoms with E-state index in [9.17, 15) is 4.79 Å². The molecular weight excluding hydrogens is 260 g/mol. The van der Waals surface area contributed by atoms with Gasteiger partial charge in [0.2, 0.25) is 0 Å². The van der Waals surface area contributed by atoms with Gasteiger partial charge >= 0.3 is 6.03 Å². The topological polar surface area (TPSA) is 80.0 Å². The summed E-state index contributed by atoms with van der Waals surface area (Å²) in [6, 6.07) is 7.25. The van der Waals surface area contributed by atoms with Gasteiger partial charge in [-0.15, -0.1) is 11.3 Å². The van der Waals surface area contributed by atoms with Gasteiger partial charge in [0, 0.05) is 23.2 Å². The molecule has 0 atom stereocenters. The van der Waals surface area contributed by atoms with Crippen molar-refractivity contribution in [2.24, 2.45) is 0 Å². The number of amides is 2. The quantitative estimate of drug-likeness (QED) is 0.751. The number of nitrogens with two attached hydrogens (primary N) is 1. The number of nitrogen functional groups attached to an aromatic ring is 1. The zero-order chi connectivity index (χ0) is 13.7. The van der Waals surface area contributed by atoms with Crippen molar-refractivity contribution in [2.75, 3.05) is 17.6 Å². The minimum atomic E-state index is -0.222. The Bertz CT molecular complexity index is 550. The van der Waals surface area contributed by atoms with Gasteiger partial charge in [-0.2, -0.15) is 0 Å². The second kappa shape index (κ2) is 6.19. The minimum Gasteiger partial charge on any atom is -0.399 e. The summed E-state index contributed by atoms with van der Waals surface area (Å²) in [6.07, 6.45) is 0.905. The number of hydrogen-bond donors (Lipinski definition) is 3. The zero-order valence-electron chi connectivity index (χ0n) is 10.6. The fourth-order valence-electron chi connectivity index (χ4n) is 1.50. The summed E-state index contributed by atoms with van der Waals surface area (Å²) in [5, 5.41) is 7.94. The number of rotatable bonds is 4. The van der Waals surface area contributed by atoms with E-state index in [1.807, 2.05) is 36.6 Å². The van der Waals surface area contributed by atoms with E-state index in [-0.39, 0.29) is 6.03 Å². The number of aromatic nitrogens is 1.